The Morgan fingerprint density at radius 1 is 1.12 bits per heavy atom. The van der Waals surface area contributed by atoms with Crippen LogP contribution in [0.4, 0.5) is 0 Å². The summed E-state index contributed by atoms with van der Waals surface area (Å²) >= 11 is 0. The number of aromatic hydroxyl groups is 1. The second kappa shape index (κ2) is 4.46. The Hall–Kier alpha value is -1.02. The van der Waals surface area contributed by atoms with Crippen molar-refractivity contribution in [3.8, 4) is 5.75 Å². The van der Waals surface area contributed by atoms with Crippen molar-refractivity contribution >= 4 is 0 Å². The lowest BCUT2D eigenvalue weighted by Gasteiger charge is -2.37. The molecular weight excluding hydrogens is 198 g/mol. The summed E-state index contributed by atoms with van der Waals surface area (Å²) in [5.41, 5.74) is 1.53. The van der Waals surface area contributed by atoms with E-state index < -0.39 is 0 Å². The van der Waals surface area contributed by atoms with Gasteiger partial charge in [0.05, 0.1) is 0 Å². The lowest BCUT2D eigenvalue weighted by molar-refractivity contribution is 0.247. The number of hydrogen-bond donors (Lipinski definition) is 2. The molecule has 0 radical (unpaired) electrons. The third-order valence-corrected chi connectivity index (χ3v) is 3.97. The van der Waals surface area contributed by atoms with Crippen LogP contribution in [0.3, 0.4) is 0 Å². The summed E-state index contributed by atoms with van der Waals surface area (Å²) < 4.78 is 0. The SMILES string of the molecule is CC(C)(c1ccc(O)cc1)C1CCNCC1. The minimum atomic E-state index is 0.204. The molecule has 1 saturated heterocycles. The summed E-state index contributed by atoms with van der Waals surface area (Å²) in [6.45, 7) is 6.89. The first-order chi connectivity index (χ1) is 7.60. The van der Waals surface area contributed by atoms with E-state index in [0.29, 0.717) is 5.75 Å². The quantitative estimate of drug-likeness (QED) is 0.801. The van der Waals surface area contributed by atoms with Gasteiger partial charge in [0.2, 0.25) is 0 Å². The molecule has 1 fully saturated rings. The Morgan fingerprint density at radius 3 is 2.25 bits per heavy atom. The van der Waals surface area contributed by atoms with Gasteiger partial charge in [0.25, 0.3) is 0 Å². The van der Waals surface area contributed by atoms with Crippen LogP contribution in [0.25, 0.3) is 0 Å². The second-order valence-corrected chi connectivity index (χ2v) is 5.29. The van der Waals surface area contributed by atoms with Gasteiger partial charge in [-0.25, -0.2) is 0 Å². The fraction of sp³-hybridized carbons (Fsp3) is 0.571. The Bertz CT molecular complexity index is 336. The van der Waals surface area contributed by atoms with Crippen molar-refractivity contribution < 1.29 is 5.11 Å². The zero-order valence-electron chi connectivity index (χ0n) is 10.2. The predicted octanol–water partition coefficient (Wildman–Crippen LogP) is 2.67. The van der Waals surface area contributed by atoms with Crippen molar-refractivity contribution in [2.75, 3.05) is 13.1 Å². The Balaban J connectivity index is 2.19. The zero-order chi connectivity index (χ0) is 11.6. The van der Waals surface area contributed by atoms with E-state index in [1.165, 1.54) is 18.4 Å². The number of hydrogen-bond acceptors (Lipinski definition) is 2. The average Bonchev–Trinajstić information content (AvgIpc) is 2.31. The normalized spacial score (nSPS) is 18.6. The predicted molar refractivity (Wildman–Crippen MR) is 66.7 cm³/mol. The number of phenols is 1. The standard InChI is InChI=1S/C14H21NO/c1-14(2,12-7-9-15-10-8-12)11-3-5-13(16)6-4-11/h3-6,12,15-16H,7-10H2,1-2H3. The first-order valence-electron chi connectivity index (χ1n) is 6.11. The van der Waals surface area contributed by atoms with Gasteiger partial charge < -0.3 is 10.4 Å². The Labute approximate surface area is 97.7 Å². The largest absolute Gasteiger partial charge is 0.508 e. The molecule has 1 aromatic carbocycles. The number of phenolic OH excluding ortho intramolecular Hbond substituents is 1. The van der Waals surface area contributed by atoms with E-state index in [9.17, 15) is 5.11 Å². The molecule has 0 saturated carbocycles. The maximum atomic E-state index is 9.32. The van der Waals surface area contributed by atoms with Gasteiger partial charge in [-0.15, -0.1) is 0 Å². The topological polar surface area (TPSA) is 32.3 Å². The van der Waals surface area contributed by atoms with Gasteiger partial charge in [-0.1, -0.05) is 26.0 Å². The van der Waals surface area contributed by atoms with Crippen LogP contribution in [0.5, 0.6) is 5.75 Å². The number of benzene rings is 1. The molecule has 88 valence electrons. The monoisotopic (exact) mass is 219 g/mol. The van der Waals surface area contributed by atoms with E-state index in [1.54, 1.807) is 12.1 Å². The van der Waals surface area contributed by atoms with Crippen molar-refractivity contribution in [2.24, 2.45) is 5.92 Å². The highest BCUT2D eigenvalue weighted by molar-refractivity contribution is 5.31. The molecule has 16 heavy (non-hydrogen) atoms. The Morgan fingerprint density at radius 2 is 1.69 bits per heavy atom. The molecule has 0 bridgehead atoms. The van der Waals surface area contributed by atoms with Crippen LogP contribution in [0.2, 0.25) is 0 Å². The van der Waals surface area contributed by atoms with Crippen molar-refractivity contribution in [1.82, 2.24) is 5.32 Å². The van der Waals surface area contributed by atoms with Crippen LogP contribution in [0, 0.1) is 5.92 Å². The number of piperidine rings is 1. The van der Waals surface area contributed by atoms with Gasteiger partial charge in [-0.2, -0.15) is 0 Å². The van der Waals surface area contributed by atoms with Crippen LogP contribution in [-0.4, -0.2) is 18.2 Å². The van der Waals surface area contributed by atoms with E-state index in [-0.39, 0.29) is 5.41 Å². The first-order valence-corrected chi connectivity index (χ1v) is 6.11. The minimum Gasteiger partial charge on any atom is -0.508 e. The summed E-state index contributed by atoms with van der Waals surface area (Å²) in [4.78, 5) is 0. The lowest BCUT2D eigenvalue weighted by atomic mass is 9.70. The van der Waals surface area contributed by atoms with Gasteiger partial charge in [-0.3, -0.25) is 0 Å². The van der Waals surface area contributed by atoms with Crippen LogP contribution >= 0.6 is 0 Å². The highest BCUT2D eigenvalue weighted by atomic mass is 16.3. The van der Waals surface area contributed by atoms with Crippen LogP contribution in [0.15, 0.2) is 24.3 Å². The molecule has 1 aliphatic rings. The molecular formula is C14H21NO. The smallest absolute Gasteiger partial charge is 0.115 e. The van der Waals surface area contributed by atoms with Crippen LogP contribution in [0.1, 0.15) is 32.3 Å². The molecule has 2 N–H and O–H groups in total. The number of nitrogens with one attached hydrogen (secondary N) is 1. The third kappa shape index (κ3) is 2.22. The van der Waals surface area contributed by atoms with Gasteiger partial charge >= 0.3 is 0 Å². The van der Waals surface area contributed by atoms with Gasteiger partial charge in [0, 0.05) is 0 Å². The molecule has 2 rings (SSSR count). The van der Waals surface area contributed by atoms with E-state index in [2.05, 4.69) is 31.3 Å². The summed E-state index contributed by atoms with van der Waals surface area (Å²) in [5.74, 6) is 1.09. The molecule has 0 unspecified atom stereocenters. The minimum absolute atomic E-state index is 0.204. The highest BCUT2D eigenvalue weighted by Gasteiger charge is 2.31. The molecule has 0 aliphatic carbocycles. The highest BCUT2D eigenvalue weighted by Crippen LogP contribution is 2.37. The van der Waals surface area contributed by atoms with Gasteiger partial charge in [0.1, 0.15) is 5.75 Å². The molecule has 0 atom stereocenters. The van der Waals surface area contributed by atoms with E-state index in [1.807, 2.05) is 0 Å². The first kappa shape index (κ1) is 11.5. The van der Waals surface area contributed by atoms with E-state index >= 15 is 0 Å². The van der Waals surface area contributed by atoms with E-state index in [4.69, 9.17) is 0 Å². The molecule has 0 aromatic heterocycles. The van der Waals surface area contributed by atoms with E-state index in [0.717, 1.165) is 19.0 Å². The van der Waals surface area contributed by atoms with Crippen LogP contribution < -0.4 is 5.32 Å². The summed E-state index contributed by atoms with van der Waals surface area (Å²) in [6, 6.07) is 7.69. The molecule has 2 heteroatoms. The van der Waals surface area contributed by atoms with Crippen molar-refractivity contribution in [1.29, 1.82) is 0 Å². The van der Waals surface area contributed by atoms with Crippen molar-refractivity contribution in [2.45, 2.75) is 32.1 Å². The fourth-order valence-corrected chi connectivity index (χ4v) is 2.67. The lowest BCUT2D eigenvalue weighted by Crippen LogP contribution is -2.38. The van der Waals surface area contributed by atoms with Crippen molar-refractivity contribution in [3.05, 3.63) is 29.8 Å². The summed E-state index contributed by atoms with van der Waals surface area (Å²) in [7, 11) is 0. The maximum Gasteiger partial charge on any atom is 0.115 e. The Kier molecular flexibility index (Phi) is 3.20. The second-order valence-electron chi connectivity index (χ2n) is 5.29. The molecule has 0 amide bonds. The van der Waals surface area contributed by atoms with Crippen molar-refractivity contribution in [3.63, 3.8) is 0 Å². The molecule has 1 heterocycles. The summed E-state index contributed by atoms with van der Waals surface area (Å²) in [5, 5.41) is 12.7. The molecule has 1 aromatic rings. The fourth-order valence-electron chi connectivity index (χ4n) is 2.67. The zero-order valence-corrected chi connectivity index (χ0v) is 10.2. The average molecular weight is 219 g/mol. The number of rotatable bonds is 2. The molecule has 1 aliphatic heterocycles. The summed E-state index contributed by atoms with van der Waals surface area (Å²) in [6.07, 6.45) is 2.49. The molecule has 2 nitrogen and oxygen atoms in total. The van der Waals surface area contributed by atoms with Gasteiger partial charge in [0.15, 0.2) is 0 Å². The maximum absolute atomic E-state index is 9.32. The molecule has 0 spiro atoms. The van der Waals surface area contributed by atoms with Crippen LogP contribution in [-0.2, 0) is 5.41 Å². The van der Waals surface area contributed by atoms with Gasteiger partial charge in [-0.05, 0) is 55.0 Å². The third-order valence-electron chi connectivity index (χ3n) is 3.97.